The van der Waals surface area contributed by atoms with Crippen molar-refractivity contribution < 1.29 is 14.3 Å². The average Bonchev–Trinajstić information content (AvgIpc) is 2.93. The van der Waals surface area contributed by atoms with Crippen molar-refractivity contribution in [3.05, 3.63) is 53.1 Å². The molecule has 1 aliphatic heterocycles. The molecule has 2 aromatic carbocycles. The number of fused-ring (bicyclic) bond motifs is 3. The average molecular weight is 457 g/mol. The number of ether oxygens (including phenoxy) is 2. The summed E-state index contributed by atoms with van der Waals surface area (Å²) in [6, 6.07) is 12.8. The van der Waals surface area contributed by atoms with Crippen molar-refractivity contribution in [2.45, 2.75) is 31.7 Å². The molecular formula is C22H21ClN4O3S. The van der Waals surface area contributed by atoms with Gasteiger partial charge in [0.25, 0.3) is 0 Å². The molecule has 3 aromatic rings. The summed E-state index contributed by atoms with van der Waals surface area (Å²) in [6.07, 6.45) is 1.42. The van der Waals surface area contributed by atoms with E-state index in [0.29, 0.717) is 46.0 Å². The smallest absolute Gasteiger partial charge is 0.247 e. The van der Waals surface area contributed by atoms with Crippen LogP contribution >= 0.6 is 23.4 Å². The number of amides is 1. The molecule has 0 aliphatic carbocycles. The molecule has 1 amide bonds. The number of aromatic nitrogens is 3. The number of carbonyl (C=O) groups excluding carboxylic acids is 1. The largest absolute Gasteiger partial charge is 0.494 e. The lowest BCUT2D eigenvalue weighted by Crippen LogP contribution is -2.37. The zero-order valence-corrected chi connectivity index (χ0v) is 18.9. The summed E-state index contributed by atoms with van der Waals surface area (Å²) < 4.78 is 11.9. The third-order valence-electron chi connectivity index (χ3n) is 4.80. The molecule has 2 heterocycles. The maximum atomic E-state index is 13.1. The molecule has 0 bridgehead atoms. The molecule has 0 radical (unpaired) electrons. The SMILES string of the molecule is CCOc1ccc([C@H]2Oc3nc(SC)nnc3-c3cc(Cl)ccc3N2C(=O)CC)cc1. The first-order chi connectivity index (χ1) is 15.0. The van der Waals surface area contributed by atoms with Crippen molar-refractivity contribution in [1.29, 1.82) is 0 Å². The van der Waals surface area contributed by atoms with Crippen molar-refractivity contribution in [2.24, 2.45) is 0 Å². The second-order valence-electron chi connectivity index (χ2n) is 6.70. The Morgan fingerprint density at radius 2 is 1.97 bits per heavy atom. The number of hydrogen-bond acceptors (Lipinski definition) is 7. The molecular weight excluding hydrogens is 436 g/mol. The van der Waals surface area contributed by atoms with E-state index in [2.05, 4.69) is 15.2 Å². The van der Waals surface area contributed by atoms with Crippen molar-refractivity contribution in [3.63, 3.8) is 0 Å². The van der Waals surface area contributed by atoms with Gasteiger partial charge in [0.05, 0.1) is 12.3 Å². The van der Waals surface area contributed by atoms with Gasteiger partial charge in [-0.3, -0.25) is 9.69 Å². The minimum atomic E-state index is -0.740. The highest BCUT2D eigenvalue weighted by atomic mass is 35.5. The molecule has 0 spiro atoms. The molecule has 4 rings (SSSR count). The molecule has 0 fully saturated rings. The van der Waals surface area contributed by atoms with E-state index in [9.17, 15) is 4.79 Å². The quantitative estimate of drug-likeness (QED) is 0.491. The van der Waals surface area contributed by atoms with Crippen LogP contribution < -0.4 is 14.4 Å². The molecule has 0 N–H and O–H groups in total. The van der Waals surface area contributed by atoms with E-state index in [1.54, 1.807) is 23.1 Å². The van der Waals surface area contributed by atoms with E-state index in [4.69, 9.17) is 21.1 Å². The minimum Gasteiger partial charge on any atom is -0.494 e. The molecule has 9 heteroatoms. The first-order valence-electron chi connectivity index (χ1n) is 9.85. The van der Waals surface area contributed by atoms with Crippen LogP contribution in [0.1, 0.15) is 32.1 Å². The molecule has 31 heavy (non-hydrogen) atoms. The summed E-state index contributed by atoms with van der Waals surface area (Å²) in [7, 11) is 0. The van der Waals surface area contributed by atoms with Gasteiger partial charge in [0.2, 0.25) is 23.2 Å². The van der Waals surface area contributed by atoms with E-state index in [1.807, 2.05) is 44.4 Å². The number of thioether (sulfide) groups is 1. The van der Waals surface area contributed by atoms with Crippen LogP contribution in [-0.2, 0) is 4.79 Å². The normalized spacial score (nSPS) is 14.8. The van der Waals surface area contributed by atoms with Gasteiger partial charge in [-0.15, -0.1) is 10.2 Å². The van der Waals surface area contributed by atoms with Gasteiger partial charge in [-0.2, -0.15) is 4.98 Å². The standard InChI is InChI=1S/C22H21ClN4O3S/c1-4-18(28)27-17-11-8-14(23)12-16(17)19-20(24-22(31-3)26-25-19)30-21(27)13-6-9-15(10-7-13)29-5-2/h6-12,21H,4-5H2,1-3H3/t21-/m1/s1. The van der Waals surface area contributed by atoms with Crippen LogP contribution in [0.5, 0.6) is 11.6 Å². The highest BCUT2D eigenvalue weighted by Gasteiger charge is 2.35. The Hall–Kier alpha value is -2.84. The molecule has 0 saturated carbocycles. The van der Waals surface area contributed by atoms with Gasteiger partial charge in [0.1, 0.15) is 5.75 Å². The fourth-order valence-corrected chi connectivity index (χ4v) is 3.84. The van der Waals surface area contributed by atoms with Crippen LogP contribution in [0.15, 0.2) is 47.6 Å². The Kier molecular flexibility index (Phi) is 6.29. The molecule has 1 atom stereocenters. The van der Waals surface area contributed by atoms with Crippen LogP contribution in [-0.4, -0.2) is 34.0 Å². The molecule has 1 aromatic heterocycles. The minimum absolute atomic E-state index is 0.103. The number of carbonyl (C=O) groups is 1. The Labute approximate surface area is 189 Å². The fourth-order valence-electron chi connectivity index (χ4n) is 3.38. The lowest BCUT2D eigenvalue weighted by Gasteiger charge is -2.30. The third kappa shape index (κ3) is 4.18. The zero-order chi connectivity index (χ0) is 22.0. The number of hydrogen-bond donors (Lipinski definition) is 0. The Bertz CT molecular complexity index is 1110. The van der Waals surface area contributed by atoms with Crippen LogP contribution in [0, 0.1) is 0 Å². The van der Waals surface area contributed by atoms with E-state index in [0.717, 1.165) is 11.3 Å². The van der Waals surface area contributed by atoms with E-state index < -0.39 is 6.23 Å². The maximum absolute atomic E-state index is 13.1. The van der Waals surface area contributed by atoms with Gasteiger partial charge in [-0.05, 0) is 55.6 Å². The summed E-state index contributed by atoms with van der Waals surface area (Å²) >= 11 is 7.65. The van der Waals surface area contributed by atoms with Gasteiger partial charge in [-0.25, -0.2) is 0 Å². The second-order valence-corrected chi connectivity index (χ2v) is 7.91. The van der Waals surface area contributed by atoms with E-state index in [1.165, 1.54) is 11.8 Å². The second kappa shape index (κ2) is 9.11. The van der Waals surface area contributed by atoms with Gasteiger partial charge in [0, 0.05) is 22.6 Å². The number of anilines is 1. The highest BCUT2D eigenvalue weighted by molar-refractivity contribution is 7.98. The van der Waals surface area contributed by atoms with Crippen molar-refractivity contribution in [3.8, 4) is 22.9 Å². The van der Waals surface area contributed by atoms with E-state index >= 15 is 0 Å². The molecule has 7 nitrogen and oxygen atoms in total. The maximum Gasteiger partial charge on any atom is 0.247 e. The van der Waals surface area contributed by atoms with Crippen molar-refractivity contribution >= 4 is 35.0 Å². The number of nitrogens with zero attached hydrogens (tertiary/aromatic N) is 4. The molecule has 0 saturated heterocycles. The van der Waals surface area contributed by atoms with Crippen molar-refractivity contribution in [1.82, 2.24) is 15.2 Å². The summed E-state index contributed by atoms with van der Waals surface area (Å²) in [5.41, 5.74) is 2.51. The Morgan fingerprint density at radius 1 is 1.19 bits per heavy atom. The molecule has 160 valence electrons. The number of benzene rings is 2. The first-order valence-corrected chi connectivity index (χ1v) is 11.5. The van der Waals surface area contributed by atoms with Gasteiger partial charge in [-0.1, -0.05) is 30.3 Å². The van der Waals surface area contributed by atoms with Crippen LogP contribution in [0.3, 0.4) is 0 Å². The van der Waals surface area contributed by atoms with Crippen LogP contribution in [0.4, 0.5) is 5.69 Å². The summed E-state index contributed by atoms with van der Waals surface area (Å²) in [4.78, 5) is 19.3. The lowest BCUT2D eigenvalue weighted by atomic mass is 10.1. The highest BCUT2D eigenvalue weighted by Crippen LogP contribution is 2.44. The van der Waals surface area contributed by atoms with E-state index in [-0.39, 0.29) is 5.91 Å². The Balaban J connectivity index is 1.92. The van der Waals surface area contributed by atoms with Gasteiger partial charge < -0.3 is 9.47 Å². The fraction of sp³-hybridized carbons (Fsp3) is 0.273. The summed E-state index contributed by atoms with van der Waals surface area (Å²) in [6.45, 7) is 4.31. The lowest BCUT2D eigenvalue weighted by molar-refractivity contribution is -0.120. The zero-order valence-electron chi connectivity index (χ0n) is 17.3. The third-order valence-corrected chi connectivity index (χ3v) is 5.57. The number of halogens is 1. The Morgan fingerprint density at radius 3 is 2.65 bits per heavy atom. The topological polar surface area (TPSA) is 77.4 Å². The molecule has 1 aliphatic rings. The predicted octanol–water partition coefficient (Wildman–Crippen LogP) is 5.15. The summed E-state index contributed by atoms with van der Waals surface area (Å²) in [5, 5.41) is 9.50. The van der Waals surface area contributed by atoms with Crippen molar-refractivity contribution in [2.75, 3.05) is 17.8 Å². The predicted molar refractivity (Wildman–Crippen MR) is 121 cm³/mol. The van der Waals surface area contributed by atoms with Gasteiger partial charge >= 0.3 is 0 Å². The van der Waals surface area contributed by atoms with Crippen LogP contribution in [0.25, 0.3) is 11.3 Å². The van der Waals surface area contributed by atoms with Gasteiger partial charge in [0.15, 0.2) is 5.69 Å². The number of rotatable bonds is 5. The van der Waals surface area contributed by atoms with Crippen LogP contribution in [0.2, 0.25) is 5.02 Å². The monoisotopic (exact) mass is 456 g/mol. The first kappa shape index (κ1) is 21.4. The molecule has 0 unspecified atom stereocenters. The summed E-state index contributed by atoms with van der Waals surface area (Å²) in [5.74, 6) is 0.941.